The van der Waals surface area contributed by atoms with Crippen LogP contribution in [0.3, 0.4) is 0 Å². The standard InChI is InChI=1S/C13H16N2O/c1-13(2,3)11(16)10-8-15(4)12-9(10)6-5-7-14-12/h5-8H,1-4H3. The Balaban J connectivity index is 2.67. The number of aromatic nitrogens is 2. The molecule has 2 aromatic heterocycles. The van der Waals surface area contributed by atoms with E-state index in [9.17, 15) is 4.79 Å². The quantitative estimate of drug-likeness (QED) is 0.687. The Bertz CT molecular complexity index is 547. The van der Waals surface area contributed by atoms with E-state index in [1.807, 2.05) is 50.7 Å². The van der Waals surface area contributed by atoms with Gasteiger partial charge >= 0.3 is 0 Å². The zero-order chi connectivity index (χ0) is 11.9. The molecule has 0 N–H and O–H groups in total. The van der Waals surface area contributed by atoms with Crippen LogP contribution in [0.25, 0.3) is 11.0 Å². The Kier molecular flexibility index (Phi) is 2.34. The molecular formula is C13H16N2O. The number of carbonyl (C=O) groups excluding carboxylic acids is 1. The van der Waals surface area contributed by atoms with Crippen molar-refractivity contribution in [2.45, 2.75) is 20.8 Å². The molecule has 2 rings (SSSR count). The molecule has 0 aliphatic heterocycles. The molecule has 0 spiro atoms. The number of rotatable bonds is 1. The maximum atomic E-state index is 12.3. The largest absolute Gasteiger partial charge is 0.335 e. The summed E-state index contributed by atoms with van der Waals surface area (Å²) >= 11 is 0. The van der Waals surface area contributed by atoms with Gasteiger partial charge in [-0.15, -0.1) is 0 Å². The molecule has 3 heteroatoms. The topological polar surface area (TPSA) is 34.9 Å². The van der Waals surface area contributed by atoms with Gasteiger partial charge in [0.1, 0.15) is 5.65 Å². The second kappa shape index (κ2) is 3.44. The fraction of sp³-hybridized carbons (Fsp3) is 0.385. The molecule has 0 aliphatic rings. The minimum Gasteiger partial charge on any atom is -0.335 e. The van der Waals surface area contributed by atoms with Crippen molar-refractivity contribution in [1.82, 2.24) is 9.55 Å². The molecule has 0 bridgehead atoms. The van der Waals surface area contributed by atoms with Crippen LogP contribution in [0.5, 0.6) is 0 Å². The number of fused-ring (bicyclic) bond motifs is 1. The number of hydrogen-bond donors (Lipinski definition) is 0. The van der Waals surface area contributed by atoms with Gasteiger partial charge in [-0.2, -0.15) is 0 Å². The van der Waals surface area contributed by atoms with E-state index in [1.165, 1.54) is 0 Å². The Labute approximate surface area is 95.1 Å². The predicted octanol–water partition coefficient (Wildman–Crippen LogP) is 2.80. The summed E-state index contributed by atoms with van der Waals surface area (Å²) in [6, 6.07) is 3.81. The lowest BCUT2D eigenvalue weighted by atomic mass is 9.87. The van der Waals surface area contributed by atoms with E-state index >= 15 is 0 Å². The van der Waals surface area contributed by atoms with E-state index in [2.05, 4.69) is 4.98 Å². The zero-order valence-electron chi connectivity index (χ0n) is 10.1. The number of ketones is 1. The van der Waals surface area contributed by atoms with Crippen molar-refractivity contribution in [2.24, 2.45) is 12.5 Å². The van der Waals surface area contributed by atoms with Gasteiger partial charge in [-0.05, 0) is 12.1 Å². The summed E-state index contributed by atoms with van der Waals surface area (Å²) in [7, 11) is 1.91. The van der Waals surface area contributed by atoms with Crippen LogP contribution in [0.4, 0.5) is 0 Å². The van der Waals surface area contributed by atoms with Gasteiger partial charge in [-0.1, -0.05) is 20.8 Å². The lowest BCUT2D eigenvalue weighted by molar-refractivity contribution is 0.0860. The summed E-state index contributed by atoms with van der Waals surface area (Å²) in [5.41, 5.74) is 1.26. The van der Waals surface area contributed by atoms with Crippen LogP contribution in [0, 0.1) is 5.41 Å². The first-order chi connectivity index (χ1) is 7.41. The molecule has 0 radical (unpaired) electrons. The predicted molar refractivity (Wildman–Crippen MR) is 64.5 cm³/mol. The summed E-state index contributed by atoms with van der Waals surface area (Å²) in [5, 5.41) is 0.935. The number of carbonyl (C=O) groups is 1. The average Bonchev–Trinajstić information content (AvgIpc) is 2.55. The van der Waals surface area contributed by atoms with Crippen LogP contribution in [0.1, 0.15) is 31.1 Å². The highest BCUT2D eigenvalue weighted by atomic mass is 16.1. The second-order valence-corrected chi connectivity index (χ2v) is 5.11. The molecule has 0 saturated carbocycles. The molecular weight excluding hydrogens is 200 g/mol. The first-order valence-electron chi connectivity index (χ1n) is 5.36. The van der Waals surface area contributed by atoms with Crippen molar-refractivity contribution in [3.8, 4) is 0 Å². The summed E-state index contributed by atoms with van der Waals surface area (Å²) in [6.45, 7) is 5.81. The van der Waals surface area contributed by atoms with Gasteiger partial charge < -0.3 is 4.57 Å². The van der Waals surface area contributed by atoms with Gasteiger partial charge in [-0.25, -0.2) is 4.98 Å². The van der Waals surface area contributed by atoms with Crippen molar-refractivity contribution >= 4 is 16.8 Å². The Hall–Kier alpha value is -1.64. The number of aryl methyl sites for hydroxylation is 1. The van der Waals surface area contributed by atoms with E-state index in [1.54, 1.807) is 6.20 Å². The highest BCUT2D eigenvalue weighted by Gasteiger charge is 2.25. The number of pyridine rings is 1. The Morgan fingerprint density at radius 3 is 2.69 bits per heavy atom. The normalized spacial score (nSPS) is 12.0. The fourth-order valence-electron chi connectivity index (χ4n) is 1.80. The minimum absolute atomic E-state index is 0.158. The smallest absolute Gasteiger partial charge is 0.170 e. The van der Waals surface area contributed by atoms with Crippen molar-refractivity contribution < 1.29 is 4.79 Å². The van der Waals surface area contributed by atoms with Gasteiger partial charge in [0.05, 0.1) is 0 Å². The molecule has 0 unspecified atom stereocenters. The molecule has 0 aromatic carbocycles. The van der Waals surface area contributed by atoms with Crippen LogP contribution in [0.15, 0.2) is 24.5 Å². The summed E-state index contributed by atoms with van der Waals surface area (Å²) < 4.78 is 1.90. The van der Waals surface area contributed by atoms with Crippen molar-refractivity contribution in [2.75, 3.05) is 0 Å². The van der Waals surface area contributed by atoms with E-state index in [0.717, 1.165) is 16.6 Å². The number of hydrogen-bond acceptors (Lipinski definition) is 2. The van der Waals surface area contributed by atoms with Crippen LogP contribution in [-0.2, 0) is 7.05 Å². The van der Waals surface area contributed by atoms with Gasteiger partial charge in [0.2, 0.25) is 0 Å². The fourth-order valence-corrected chi connectivity index (χ4v) is 1.80. The maximum Gasteiger partial charge on any atom is 0.170 e. The summed E-state index contributed by atoms with van der Waals surface area (Å²) in [4.78, 5) is 16.5. The third-order valence-electron chi connectivity index (χ3n) is 2.66. The first kappa shape index (κ1) is 10.9. The number of Topliss-reactive ketones (excluding diaryl/α,β-unsaturated/α-hetero) is 1. The zero-order valence-corrected chi connectivity index (χ0v) is 10.1. The Morgan fingerprint density at radius 2 is 2.06 bits per heavy atom. The van der Waals surface area contributed by atoms with Crippen LogP contribution >= 0.6 is 0 Å². The Morgan fingerprint density at radius 1 is 1.38 bits per heavy atom. The third-order valence-corrected chi connectivity index (χ3v) is 2.66. The van der Waals surface area contributed by atoms with E-state index in [4.69, 9.17) is 0 Å². The second-order valence-electron chi connectivity index (χ2n) is 5.11. The van der Waals surface area contributed by atoms with Crippen molar-refractivity contribution in [1.29, 1.82) is 0 Å². The molecule has 16 heavy (non-hydrogen) atoms. The van der Waals surface area contributed by atoms with Crippen LogP contribution < -0.4 is 0 Å². The maximum absolute atomic E-state index is 12.3. The highest BCUT2D eigenvalue weighted by molar-refractivity contribution is 6.09. The summed E-state index contributed by atoms with van der Waals surface area (Å²) in [5.74, 6) is 0.158. The average molecular weight is 216 g/mol. The lowest BCUT2D eigenvalue weighted by Crippen LogP contribution is -2.19. The molecule has 84 valence electrons. The van der Waals surface area contributed by atoms with E-state index < -0.39 is 0 Å². The summed E-state index contributed by atoms with van der Waals surface area (Å²) in [6.07, 6.45) is 3.61. The van der Waals surface area contributed by atoms with Crippen molar-refractivity contribution in [3.63, 3.8) is 0 Å². The van der Waals surface area contributed by atoms with E-state index in [-0.39, 0.29) is 11.2 Å². The molecule has 2 aromatic rings. The van der Waals surface area contributed by atoms with Gasteiger partial charge in [0.25, 0.3) is 0 Å². The van der Waals surface area contributed by atoms with Gasteiger partial charge in [0.15, 0.2) is 5.78 Å². The molecule has 0 fully saturated rings. The van der Waals surface area contributed by atoms with Crippen LogP contribution in [-0.4, -0.2) is 15.3 Å². The monoisotopic (exact) mass is 216 g/mol. The SMILES string of the molecule is Cn1cc(C(=O)C(C)(C)C)c2cccnc21. The molecule has 0 aliphatic carbocycles. The third kappa shape index (κ3) is 1.62. The molecule has 0 amide bonds. The van der Waals surface area contributed by atoms with Crippen LogP contribution in [0.2, 0.25) is 0 Å². The first-order valence-corrected chi connectivity index (χ1v) is 5.36. The molecule has 2 heterocycles. The van der Waals surface area contributed by atoms with Crippen molar-refractivity contribution in [3.05, 3.63) is 30.1 Å². The van der Waals surface area contributed by atoms with E-state index in [0.29, 0.717) is 0 Å². The molecule has 0 saturated heterocycles. The van der Waals surface area contributed by atoms with Gasteiger partial charge in [0, 0.05) is 35.8 Å². The lowest BCUT2D eigenvalue weighted by Gasteiger charge is -2.15. The van der Waals surface area contributed by atoms with Gasteiger partial charge in [-0.3, -0.25) is 4.79 Å². The molecule has 3 nitrogen and oxygen atoms in total. The molecule has 0 atom stereocenters. The minimum atomic E-state index is -0.357. The number of nitrogens with zero attached hydrogens (tertiary/aromatic N) is 2. The highest BCUT2D eigenvalue weighted by Crippen LogP contribution is 2.26.